The zero-order valence-corrected chi connectivity index (χ0v) is 10.9. The zero-order chi connectivity index (χ0) is 13.0. The molecule has 0 radical (unpaired) electrons. The smallest absolute Gasteiger partial charge is 0.312 e. The summed E-state index contributed by atoms with van der Waals surface area (Å²) in [7, 11) is 0. The first-order chi connectivity index (χ1) is 8.74. The van der Waals surface area contributed by atoms with Gasteiger partial charge in [0.15, 0.2) is 0 Å². The van der Waals surface area contributed by atoms with Gasteiger partial charge in [0.1, 0.15) is 5.92 Å². The van der Waals surface area contributed by atoms with Crippen LogP contribution < -0.4 is 4.90 Å². The Morgan fingerprint density at radius 3 is 2.83 bits per heavy atom. The van der Waals surface area contributed by atoms with Crippen LogP contribution in [0.5, 0.6) is 0 Å². The maximum Gasteiger partial charge on any atom is 0.312 e. The number of unbranched alkanes of at least 4 members (excludes halogenated alkanes) is 3. The van der Waals surface area contributed by atoms with Crippen molar-refractivity contribution in [1.82, 2.24) is 0 Å². The van der Waals surface area contributed by atoms with Crippen LogP contribution >= 0.6 is 0 Å². The Morgan fingerprint density at radius 1 is 1.33 bits per heavy atom. The van der Waals surface area contributed by atoms with Crippen LogP contribution in [-0.4, -0.2) is 24.2 Å². The van der Waals surface area contributed by atoms with Crippen LogP contribution in [0, 0.1) is 0 Å². The molecule has 18 heavy (non-hydrogen) atoms. The predicted molar refractivity (Wildman–Crippen MR) is 73.2 cm³/mol. The first kappa shape index (κ1) is 12.9. The summed E-state index contributed by atoms with van der Waals surface area (Å²) in [5.41, 5.74) is 2.09. The Hall–Kier alpha value is -1.51. The molecule has 1 aliphatic heterocycles. The van der Waals surface area contributed by atoms with Crippen molar-refractivity contribution >= 4 is 11.7 Å². The van der Waals surface area contributed by atoms with Gasteiger partial charge in [0, 0.05) is 18.8 Å². The molecule has 0 amide bonds. The van der Waals surface area contributed by atoms with Crippen molar-refractivity contribution in [2.75, 3.05) is 18.0 Å². The van der Waals surface area contributed by atoms with Crippen molar-refractivity contribution in [3.05, 3.63) is 29.8 Å². The van der Waals surface area contributed by atoms with E-state index in [1.807, 2.05) is 24.3 Å². The number of fused-ring (bicyclic) bond motifs is 1. The Labute approximate surface area is 108 Å². The minimum Gasteiger partial charge on any atom is -0.481 e. The van der Waals surface area contributed by atoms with Crippen LogP contribution in [0.25, 0.3) is 0 Å². The summed E-state index contributed by atoms with van der Waals surface area (Å²) in [6.07, 6.45) is 4.87. The van der Waals surface area contributed by atoms with Crippen molar-refractivity contribution < 1.29 is 9.90 Å². The summed E-state index contributed by atoms with van der Waals surface area (Å²) in [5.74, 6) is -1.06. The normalized spacial score (nSPS) is 17.8. The lowest BCUT2D eigenvalue weighted by Gasteiger charge is -2.19. The van der Waals surface area contributed by atoms with Crippen molar-refractivity contribution in [3.63, 3.8) is 0 Å². The summed E-state index contributed by atoms with van der Waals surface area (Å²) < 4.78 is 0. The van der Waals surface area contributed by atoms with Crippen molar-refractivity contribution in [3.8, 4) is 0 Å². The van der Waals surface area contributed by atoms with Gasteiger partial charge in [0.2, 0.25) is 0 Å². The second-order valence-electron chi connectivity index (χ2n) is 4.96. The molecule has 0 saturated heterocycles. The van der Waals surface area contributed by atoms with E-state index in [4.69, 9.17) is 0 Å². The highest BCUT2D eigenvalue weighted by Crippen LogP contribution is 2.36. The van der Waals surface area contributed by atoms with Crippen LogP contribution in [0.4, 0.5) is 5.69 Å². The standard InChI is InChI=1S/C15H21NO2/c1-2-3-4-7-10-16-11-13(15(17)18)12-8-5-6-9-14(12)16/h5-6,8-9,13H,2-4,7,10-11H2,1H3,(H,17,18). The minimum absolute atomic E-state index is 0.354. The van der Waals surface area contributed by atoms with Crippen LogP contribution in [0.3, 0.4) is 0 Å². The molecule has 1 N–H and O–H groups in total. The van der Waals surface area contributed by atoms with Gasteiger partial charge in [-0.05, 0) is 18.1 Å². The number of benzene rings is 1. The highest BCUT2D eigenvalue weighted by molar-refractivity contribution is 5.82. The molecule has 0 fully saturated rings. The van der Waals surface area contributed by atoms with Crippen LogP contribution in [-0.2, 0) is 4.79 Å². The summed E-state index contributed by atoms with van der Waals surface area (Å²) in [6.45, 7) is 3.80. The molecule has 1 heterocycles. The number of hydrogen-bond donors (Lipinski definition) is 1. The van der Waals surface area contributed by atoms with Gasteiger partial charge in [-0.3, -0.25) is 4.79 Å². The lowest BCUT2D eigenvalue weighted by atomic mass is 10.0. The van der Waals surface area contributed by atoms with Gasteiger partial charge in [-0.25, -0.2) is 0 Å². The van der Waals surface area contributed by atoms with E-state index in [2.05, 4.69) is 11.8 Å². The molecule has 1 atom stereocenters. The minimum atomic E-state index is -0.710. The Kier molecular flexibility index (Phi) is 4.24. The molecule has 1 aliphatic rings. The summed E-state index contributed by atoms with van der Waals surface area (Å²) in [5, 5.41) is 9.26. The van der Waals surface area contributed by atoms with Crippen LogP contribution in [0.15, 0.2) is 24.3 Å². The number of carboxylic acid groups (broad SMARTS) is 1. The highest BCUT2D eigenvalue weighted by Gasteiger charge is 2.32. The molecule has 0 aliphatic carbocycles. The fraction of sp³-hybridized carbons (Fsp3) is 0.533. The van der Waals surface area contributed by atoms with Gasteiger partial charge >= 0.3 is 5.97 Å². The zero-order valence-electron chi connectivity index (χ0n) is 10.9. The van der Waals surface area contributed by atoms with Crippen molar-refractivity contribution in [2.24, 2.45) is 0 Å². The molecular weight excluding hydrogens is 226 g/mol. The first-order valence-corrected chi connectivity index (χ1v) is 6.80. The van der Waals surface area contributed by atoms with E-state index in [1.54, 1.807) is 0 Å². The van der Waals surface area contributed by atoms with Crippen molar-refractivity contribution in [2.45, 2.75) is 38.5 Å². The number of aliphatic carboxylic acids is 1. The van der Waals surface area contributed by atoms with Crippen molar-refractivity contribution in [1.29, 1.82) is 0 Å². The molecule has 0 spiro atoms. The Morgan fingerprint density at radius 2 is 2.11 bits per heavy atom. The van der Waals surface area contributed by atoms with Gasteiger partial charge in [-0.2, -0.15) is 0 Å². The number of carboxylic acids is 1. The van der Waals surface area contributed by atoms with E-state index in [1.165, 1.54) is 19.3 Å². The van der Waals surface area contributed by atoms with E-state index in [-0.39, 0.29) is 5.92 Å². The fourth-order valence-electron chi connectivity index (χ4n) is 2.64. The summed E-state index contributed by atoms with van der Waals surface area (Å²) in [6, 6.07) is 7.90. The van der Waals surface area contributed by atoms with Gasteiger partial charge in [-0.15, -0.1) is 0 Å². The monoisotopic (exact) mass is 247 g/mol. The number of nitrogens with zero attached hydrogens (tertiary/aromatic N) is 1. The molecule has 1 unspecified atom stereocenters. The van der Waals surface area contributed by atoms with Gasteiger partial charge in [0.05, 0.1) is 0 Å². The molecular formula is C15H21NO2. The van der Waals surface area contributed by atoms with E-state index >= 15 is 0 Å². The number of para-hydroxylation sites is 1. The SMILES string of the molecule is CCCCCCN1CC(C(=O)O)c2ccccc21. The second kappa shape index (κ2) is 5.89. The number of rotatable bonds is 6. The highest BCUT2D eigenvalue weighted by atomic mass is 16.4. The molecule has 98 valence electrons. The maximum absolute atomic E-state index is 11.3. The second-order valence-corrected chi connectivity index (χ2v) is 4.96. The van der Waals surface area contributed by atoms with E-state index in [9.17, 15) is 9.90 Å². The van der Waals surface area contributed by atoms with Crippen LogP contribution in [0.1, 0.15) is 44.1 Å². The van der Waals surface area contributed by atoms with Gasteiger partial charge in [-0.1, -0.05) is 44.4 Å². The molecule has 3 heteroatoms. The Bertz CT molecular complexity index is 417. The summed E-state index contributed by atoms with van der Waals surface area (Å²) >= 11 is 0. The third-order valence-electron chi connectivity index (χ3n) is 3.64. The average Bonchev–Trinajstić information content (AvgIpc) is 2.74. The third kappa shape index (κ3) is 2.66. The fourth-order valence-corrected chi connectivity index (χ4v) is 2.64. The van der Waals surface area contributed by atoms with E-state index < -0.39 is 5.97 Å². The maximum atomic E-state index is 11.3. The summed E-state index contributed by atoms with van der Waals surface area (Å²) in [4.78, 5) is 13.5. The molecule has 1 aromatic carbocycles. The lowest BCUT2D eigenvalue weighted by molar-refractivity contribution is -0.138. The quantitative estimate of drug-likeness (QED) is 0.784. The number of anilines is 1. The molecule has 0 saturated carbocycles. The third-order valence-corrected chi connectivity index (χ3v) is 3.64. The topological polar surface area (TPSA) is 40.5 Å². The number of carbonyl (C=O) groups is 1. The number of hydrogen-bond acceptors (Lipinski definition) is 2. The molecule has 0 bridgehead atoms. The lowest BCUT2D eigenvalue weighted by Crippen LogP contribution is -2.25. The van der Waals surface area contributed by atoms with Gasteiger partial charge < -0.3 is 10.0 Å². The van der Waals surface area contributed by atoms with E-state index in [0.717, 1.165) is 24.2 Å². The Balaban J connectivity index is 2.04. The average molecular weight is 247 g/mol. The molecule has 2 rings (SSSR count). The molecule has 1 aromatic rings. The van der Waals surface area contributed by atoms with Crippen LogP contribution in [0.2, 0.25) is 0 Å². The molecule has 3 nitrogen and oxygen atoms in total. The largest absolute Gasteiger partial charge is 0.481 e. The van der Waals surface area contributed by atoms with E-state index in [0.29, 0.717) is 6.54 Å². The van der Waals surface area contributed by atoms with Gasteiger partial charge in [0.25, 0.3) is 0 Å². The molecule has 0 aromatic heterocycles. The predicted octanol–water partition coefficient (Wildman–Crippen LogP) is 3.26. The first-order valence-electron chi connectivity index (χ1n) is 6.80.